The topological polar surface area (TPSA) is 355 Å². The molecule has 0 spiro atoms. The summed E-state index contributed by atoms with van der Waals surface area (Å²) in [5, 5.41) is 48.7. The van der Waals surface area contributed by atoms with Crippen LogP contribution in [0.4, 0.5) is 11.6 Å². The van der Waals surface area contributed by atoms with Crippen LogP contribution in [0.5, 0.6) is 0 Å². The van der Waals surface area contributed by atoms with Crippen molar-refractivity contribution in [2.75, 3.05) is 51.7 Å². The lowest BCUT2D eigenvalue weighted by molar-refractivity contribution is -0.123. The number of nitrogens with one attached hydrogen (secondary N) is 2. The molecular weight excluding hydrogens is 809 g/mol. The van der Waals surface area contributed by atoms with Crippen molar-refractivity contribution >= 4 is 45.8 Å². The normalized spacial score (nSPS) is 24.9. The molecule has 14 N–H and O–H groups in total. The van der Waals surface area contributed by atoms with Crippen molar-refractivity contribution in [3.05, 3.63) is 60.7 Å². The van der Waals surface area contributed by atoms with E-state index in [0.29, 0.717) is 48.3 Å². The Labute approximate surface area is 355 Å². The van der Waals surface area contributed by atoms with E-state index in [1.807, 2.05) is 34.1 Å². The second-order valence-electron chi connectivity index (χ2n) is 15.8. The molecule has 5 aromatic rings. The Hall–Kier alpha value is -5.54. The highest BCUT2D eigenvalue weighted by Crippen LogP contribution is 2.33. The molecule has 2 aliphatic heterocycles. The summed E-state index contributed by atoms with van der Waals surface area (Å²) in [5.41, 5.74) is 27.3. The van der Waals surface area contributed by atoms with E-state index < -0.39 is 61.2 Å². The van der Waals surface area contributed by atoms with Crippen molar-refractivity contribution in [1.82, 2.24) is 59.5 Å². The number of nitrogens with zero attached hydrogens (tertiary/aromatic N) is 10. The zero-order chi connectivity index (χ0) is 44.2. The number of hydrogen-bond donors (Lipinski definition) is 10. The van der Waals surface area contributed by atoms with E-state index in [4.69, 9.17) is 32.4 Å². The van der Waals surface area contributed by atoms with Crippen molar-refractivity contribution in [2.45, 2.75) is 87.1 Å². The first-order valence-corrected chi connectivity index (χ1v) is 20.1. The average molecular weight is 863 g/mol. The first-order valence-electron chi connectivity index (χ1n) is 20.1. The summed E-state index contributed by atoms with van der Waals surface area (Å²) in [6.45, 7) is 1.87. The van der Waals surface area contributed by atoms with Gasteiger partial charge in [0.2, 0.25) is 11.8 Å². The van der Waals surface area contributed by atoms with E-state index in [0.717, 1.165) is 11.1 Å². The largest absolute Gasteiger partial charge is 0.387 e. The fourth-order valence-corrected chi connectivity index (χ4v) is 7.53. The van der Waals surface area contributed by atoms with E-state index in [1.54, 1.807) is 14.1 Å². The van der Waals surface area contributed by atoms with Crippen LogP contribution in [0.25, 0.3) is 22.3 Å². The zero-order valence-corrected chi connectivity index (χ0v) is 34.3. The molecule has 0 unspecified atom stereocenters. The highest BCUT2D eigenvalue weighted by atomic mass is 16.6. The fourth-order valence-electron chi connectivity index (χ4n) is 7.53. The highest BCUT2D eigenvalue weighted by molar-refractivity contribution is 5.83. The second kappa shape index (κ2) is 19.2. The van der Waals surface area contributed by atoms with E-state index in [9.17, 15) is 30.0 Å². The van der Waals surface area contributed by atoms with Gasteiger partial charge >= 0.3 is 0 Å². The minimum absolute atomic E-state index is 0.189. The van der Waals surface area contributed by atoms with Gasteiger partial charge in [0.05, 0.1) is 24.7 Å². The average Bonchev–Trinajstić information content (AvgIpc) is 4.03. The second-order valence-corrected chi connectivity index (χ2v) is 15.8. The van der Waals surface area contributed by atoms with Crippen molar-refractivity contribution < 1.29 is 39.5 Å². The number of aromatic nitrogens is 8. The number of nitrogen functional groups attached to an aromatic ring is 2. The van der Waals surface area contributed by atoms with Crippen LogP contribution < -0.4 is 33.6 Å². The smallest absolute Gasteiger partial charge is 0.237 e. The first kappa shape index (κ1) is 44.5. The van der Waals surface area contributed by atoms with Crippen molar-refractivity contribution in [3.8, 4) is 0 Å². The summed E-state index contributed by atoms with van der Waals surface area (Å²) < 4.78 is 15.1. The molecular formula is C38H54N16O8. The van der Waals surface area contributed by atoms with Crippen LogP contribution in [0.1, 0.15) is 36.4 Å². The van der Waals surface area contributed by atoms with Gasteiger partial charge in [-0.2, -0.15) is 0 Å². The molecule has 334 valence electrons. The van der Waals surface area contributed by atoms with Gasteiger partial charge in [-0.1, -0.05) is 24.3 Å². The number of hydrogen-bond acceptors (Lipinski definition) is 20. The third-order valence-electron chi connectivity index (χ3n) is 11.3. The van der Waals surface area contributed by atoms with E-state index in [-0.39, 0.29) is 49.6 Å². The first-order chi connectivity index (χ1) is 29.7. The fraction of sp³-hybridized carbons (Fsp3) is 0.526. The Morgan fingerprint density at radius 3 is 1.44 bits per heavy atom. The summed E-state index contributed by atoms with van der Waals surface area (Å²) in [6.07, 6.45) is -2.09. The minimum atomic E-state index is -1.24. The zero-order valence-electron chi connectivity index (χ0n) is 34.3. The van der Waals surface area contributed by atoms with Crippen LogP contribution in [-0.4, -0.2) is 170 Å². The summed E-state index contributed by atoms with van der Waals surface area (Å²) in [6, 6.07) is 5.80. The molecule has 0 saturated carbocycles. The number of ether oxygens (including phenoxy) is 2. The number of imidazole rings is 2. The Kier molecular flexibility index (Phi) is 13.8. The number of carbonyl (C=O) groups excluding carboxylic acids is 2. The van der Waals surface area contributed by atoms with Crippen LogP contribution in [0.15, 0.2) is 49.6 Å². The summed E-state index contributed by atoms with van der Waals surface area (Å²) >= 11 is 0. The molecule has 2 amide bonds. The molecule has 2 saturated heterocycles. The number of anilines is 2. The van der Waals surface area contributed by atoms with E-state index >= 15 is 0 Å². The molecule has 6 heterocycles. The van der Waals surface area contributed by atoms with Crippen LogP contribution in [0.3, 0.4) is 0 Å². The van der Waals surface area contributed by atoms with Gasteiger partial charge in [-0.3, -0.25) is 18.7 Å². The Morgan fingerprint density at radius 2 is 1.05 bits per heavy atom. The molecule has 0 aliphatic carbocycles. The van der Waals surface area contributed by atoms with Crippen LogP contribution in [0, 0.1) is 0 Å². The quantitative estimate of drug-likeness (QED) is 0.0405. The maximum absolute atomic E-state index is 12.8. The highest BCUT2D eigenvalue weighted by Gasteiger charge is 2.46. The Bertz CT molecular complexity index is 2160. The van der Waals surface area contributed by atoms with Crippen molar-refractivity contribution in [2.24, 2.45) is 11.5 Å². The summed E-state index contributed by atoms with van der Waals surface area (Å²) in [7, 11) is 3.61. The number of aliphatic hydroxyl groups excluding tert-OH is 4. The lowest BCUT2D eigenvalue weighted by atomic mass is 10.1. The summed E-state index contributed by atoms with van der Waals surface area (Å²) in [5.74, 6) is -0.272. The van der Waals surface area contributed by atoms with Gasteiger partial charge in [-0.15, -0.1) is 0 Å². The predicted octanol–water partition coefficient (Wildman–Crippen LogP) is -3.70. The van der Waals surface area contributed by atoms with Gasteiger partial charge in [0.15, 0.2) is 35.4 Å². The molecule has 7 rings (SSSR count). The maximum atomic E-state index is 12.8. The lowest BCUT2D eigenvalue weighted by Gasteiger charge is -2.24. The molecule has 10 atom stereocenters. The Morgan fingerprint density at radius 1 is 0.661 bits per heavy atom. The van der Waals surface area contributed by atoms with Gasteiger partial charge < -0.3 is 73.3 Å². The van der Waals surface area contributed by atoms with E-state index in [1.165, 1.54) is 34.4 Å². The SMILES string of the molecule is CN(CC[C@H](N)C(=O)NCc1ccc(CNC(=O)[C@@H](N)CCN(C)C[C@H]2O[C@@H](n3cnc4c(N)ncnc43)[C@H](O)[C@@H]2O)cc1)C[C@H]1O[C@@H](n2cnc3c(N)ncnc32)[C@H](O)[C@@H]1O. The van der Waals surface area contributed by atoms with Crippen molar-refractivity contribution in [1.29, 1.82) is 0 Å². The number of rotatable bonds is 18. The van der Waals surface area contributed by atoms with Crippen LogP contribution in [-0.2, 0) is 32.2 Å². The molecule has 1 aromatic carbocycles. The summed E-state index contributed by atoms with van der Waals surface area (Å²) in [4.78, 5) is 54.0. The number of nitrogens with two attached hydrogens (primary N) is 4. The standard InChI is InChI=1S/C38H54N16O8/c1-51(13-23-27(55)29(57)37(61-23)53-17-49-25-31(41)45-15-47-33(25)53)9-7-21(39)35(59)43-11-19-3-5-20(6-4-19)12-44-36(60)22(40)8-10-52(2)14-24-28(56)30(58)38(62-24)54-18-50-26-32(42)46-16-48-34(26)54/h3-6,15-18,21-24,27-30,37-38,55-58H,7-14,39-40H2,1-2H3,(H,43,59)(H,44,60)(H2,41,45,47)(H2,42,46,48)/t21-,22-,23+,24+,27+,28+,29+,30+,37+,38+/m0/s1. The Balaban J connectivity index is 0.778. The van der Waals surface area contributed by atoms with Crippen LogP contribution >= 0.6 is 0 Å². The van der Waals surface area contributed by atoms with E-state index in [2.05, 4.69) is 40.5 Å². The number of benzene rings is 1. The van der Waals surface area contributed by atoms with Gasteiger partial charge in [-0.05, 0) is 51.2 Å². The number of fused-ring (bicyclic) bond motifs is 2. The van der Waals surface area contributed by atoms with Gasteiger partial charge in [0.25, 0.3) is 0 Å². The number of likely N-dealkylation sites (N-methyl/N-ethyl adjacent to an activating group) is 2. The molecule has 2 fully saturated rings. The lowest BCUT2D eigenvalue weighted by Crippen LogP contribution is -2.44. The molecule has 4 aromatic heterocycles. The molecule has 2 aliphatic rings. The molecule has 0 radical (unpaired) electrons. The molecule has 24 nitrogen and oxygen atoms in total. The minimum Gasteiger partial charge on any atom is -0.387 e. The number of amides is 2. The third-order valence-corrected chi connectivity index (χ3v) is 11.3. The molecule has 24 heteroatoms. The maximum Gasteiger partial charge on any atom is 0.237 e. The monoisotopic (exact) mass is 862 g/mol. The molecule has 62 heavy (non-hydrogen) atoms. The number of carbonyl (C=O) groups is 2. The van der Waals surface area contributed by atoms with Gasteiger partial charge in [0, 0.05) is 26.2 Å². The third kappa shape index (κ3) is 9.73. The van der Waals surface area contributed by atoms with Crippen molar-refractivity contribution in [3.63, 3.8) is 0 Å². The number of aliphatic hydroxyl groups is 4. The molecule has 0 bridgehead atoms. The van der Waals surface area contributed by atoms with Gasteiger partial charge in [0.1, 0.15) is 60.3 Å². The van der Waals surface area contributed by atoms with Crippen LogP contribution in [0.2, 0.25) is 0 Å². The predicted molar refractivity (Wildman–Crippen MR) is 222 cm³/mol. The van der Waals surface area contributed by atoms with Gasteiger partial charge in [-0.25, -0.2) is 29.9 Å².